The number of thiazole rings is 1. The van der Waals surface area contributed by atoms with Crippen molar-refractivity contribution in [3.63, 3.8) is 0 Å². The van der Waals surface area contributed by atoms with Gasteiger partial charge in [0.15, 0.2) is 4.88 Å². The van der Waals surface area contributed by atoms with Crippen molar-refractivity contribution in [1.29, 1.82) is 0 Å². The van der Waals surface area contributed by atoms with Crippen molar-refractivity contribution in [2.75, 3.05) is 13.2 Å². The second kappa shape index (κ2) is 4.76. The predicted octanol–water partition coefficient (Wildman–Crippen LogP) is 2.82. The van der Waals surface area contributed by atoms with E-state index in [1.165, 1.54) is 17.2 Å². The molecule has 0 radical (unpaired) electrons. The fourth-order valence-electron chi connectivity index (χ4n) is 2.53. The maximum Gasteiger partial charge on any atom is 0.293 e. The summed E-state index contributed by atoms with van der Waals surface area (Å²) in [5, 5.41) is 11.6. The Hall–Kier alpha value is -1.99. The quantitative estimate of drug-likeness (QED) is 0.924. The number of hydrogen-bond donors (Lipinski definition) is 1. The van der Waals surface area contributed by atoms with Crippen LogP contribution in [0.5, 0.6) is 5.88 Å². The molecule has 2 fully saturated rings. The Balaban J connectivity index is 1.61. The normalized spacial score (nSPS) is 18.9. The van der Waals surface area contributed by atoms with E-state index in [1.54, 1.807) is 12.1 Å². The van der Waals surface area contributed by atoms with E-state index in [1.807, 2.05) is 0 Å². The van der Waals surface area contributed by atoms with Crippen molar-refractivity contribution in [2.24, 2.45) is 5.41 Å². The summed E-state index contributed by atoms with van der Waals surface area (Å²) >= 11 is 1.04. The van der Waals surface area contributed by atoms with Gasteiger partial charge in [-0.05, 0) is 25.0 Å². The molecule has 2 aliphatic rings. The zero-order chi connectivity index (χ0) is 15.3. The van der Waals surface area contributed by atoms with Crippen LogP contribution in [-0.2, 0) is 4.84 Å². The van der Waals surface area contributed by atoms with E-state index in [0.29, 0.717) is 23.7 Å². The Kier molecular flexibility index (Phi) is 2.95. The number of hydrogen-bond acceptors (Lipinski definition) is 5. The van der Waals surface area contributed by atoms with Crippen LogP contribution in [0.2, 0.25) is 0 Å². The van der Waals surface area contributed by atoms with Crippen molar-refractivity contribution in [1.82, 2.24) is 10.0 Å². The molecule has 5 nitrogen and oxygen atoms in total. The zero-order valence-electron chi connectivity index (χ0n) is 11.6. The van der Waals surface area contributed by atoms with E-state index in [0.717, 1.165) is 24.2 Å². The molecule has 7 heteroatoms. The smallest absolute Gasteiger partial charge is 0.293 e. The largest absolute Gasteiger partial charge is 0.492 e. The van der Waals surface area contributed by atoms with Gasteiger partial charge in [-0.25, -0.2) is 14.4 Å². The van der Waals surface area contributed by atoms with E-state index in [2.05, 4.69) is 4.98 Å². The van der Waals surface area contributed by atoms with Crippen LogP contribution in [0.3, 0.4) is 0 Å². The van der Waals surface area contributed by atoms with Crippen molar-refractivity contribution in [2.45, 2.75) is 12.8 Å². The van der Waals surface area contributed by atoms with Crippen molar-refractivity contribution in [3.05, 3.63) is 35.0 Å². The highest BCUT2D eigenvalue weighted by Gasteiger charge is 2.51. The molecule has 1 spiro atoms. The van der Waals surface area contributed by atoms with Gasteiger partial charge in [-0.15, -0.1) is 11.3 Å². The number of carbonyl (C=O) groups excluding carboxylic acids is 1. The molecule has 2 aromatic rings. The average Bonchev–Trinajstić information content (AvgIpc) is 2.93. The van der Waals surface area contributed by atoms with E-state index in [4.69, 9.17) is 4.84 Å². The standard InChI is InChI=1S/C15H13FN2O3S/c16-10-3-1-2-9(6-10)13-17-12(19)11(22-13)14(20)18-7-15(4-5-15)8-21-18/h1-3,6,19H,4-5,7-8H2. The molecule has 1 amide bonds. The summed E-state index contributed by atoms with van der Waals surface area (Å²) in [5.74, 6) is -1.12. The topological polar surface area (TPSA) is 62.7 Å². The molecule has 2 heterocycles. The Labute approximate surface area is 129 Å². The van der Waals surface area contributed by atoms with Crippen LogP contribution in [0.1, 0.15) is 22.5 Å². The van der Waals surface area contributed by atoms with Crippen LogP contribution in [-0.4, -0.2) is 34.2 Å². The van der Waals surface area contributed by atoms with Crippen LogP contribution in [0, 0.1) is 11.2 Å². The minimum Gasteiger partial charge on any atom is -0.492 e. The van der Waals surface area contributed by atoms with Crippen molar-refractivity contribution >= 4 is 17.2 Å². The third kappa shape index (κ3) is 2.26. The number of rotatable bonds is 2. The molecule has 1 aromatic carbocycles. The van der Waals surface area contributed by atoms with E-state index in [-0.39, 0.29) is 22.1 Å². The number of amides is 1. The summed E-state index contributed by atoms with van der Waals surface area (Å²) in [7, 11) is 0. The fraction of sp³-hybridized carbons (Fsp3) is 0.333. The van der Waals surface area contributed by atoms with Crippen LogP contribution in [0.15, 0.2) is 24.3 Å². The highest BCUT2D eigenvalue weighted by Crippen LogP contribution is 2.50. The lowest BCUT2D eigenvalue weighted by Crippen LogP contribution is -2.27. The third-order valence-corrected chi connectivity index (χ3v) is 5.15. The summed E-state index contributed by atoms with van der Waals surface area (Å²) < 4.78 is 13.3. The first-order valence-corrected chi connectivity index (χ1v) is 7.79. The molecule has 1 saturated carbocycles. The van der Waals surface area contributed by atoms with Gasteiger partial charge in [-0.1, -0.05) is 12.1 Å². The molecule has 1 aliphatic heterocycles. The van der Waals surface area contributed by atoms with E-state index < -0.39 is 5.82 Å². The van der Waals surface area contributed by atoms with Gasteiger partial charge in [-0.2, -0.15) is 0 Å². The number of hydroxylamine groups is 2. The van der Waals surface area contributed by atoms with Gasteiger partial charge in [0.1, 0.15) is 10.8 Å². The summed E-state index contributed by atoms with van der Waals surface area (Å²) in [5.41, 5.74) is 0.654. The molecule has 1 saturated heterocycles. The van der Waals surface area contributed by atoms with Crippen LogP contribution in [0.4, 0.5) is 4.39 Å². The predicted molar refractivity (Wildman–Crippen MR) is 77.8 cm³/mol. The lowest BCUT2D eigenvalue weighted by atomic mass is 10.1. The lowest BCUT2D eigenvalue weighted by molar-refractivity contribution is -0.0773. The van der Waals surface area contributed by atoms with Crippen molar-refractivity contribution < 1.29 is 19.1 Å². The molecule has 1 N–H and O–H groups in total. The molecule has 1 aromatic heterocycles. The molecular formula is C15H13FN2O3S. The van der Waals surface area contributed by atoms with Crippen molar-refractivity contribution in [3.8, 4) is 16.5 Å². The van der Waals surface area contributed by atoms with Gasteiger partial charge >= 0.3 is 0 Å². The first-order valence-electron chi connectivity index (χ1n) is 6.97. The molecule has 0 unspecified atom stereocenters. The Morgan fingerprint density at radius 3 is 2.95 bits per heavy atom. The second-order valence-electron chi connectivity index (χ2n) is 5.80. The summed E-state index contributed by atoms with van der Waals surface area (Å²) in [6, 6.07) is 5.89. The van der Waals surface area contributed by atoms with Gasteiger partial charge in [0.25, 0.3) is 5.91 Å². The van der Waals surface area contributed by atoms with E-state index >= 15 is 0 Å². The fourth-order valence-corrected chi connectivity index (χ4v) is 3.43. The van der Waals surface area contributed by atoms with Gasteiger partial charge in [0.05, 0.1) is 13.2 Å². The van der Waals surface area contributed by atoms with Gasteiger partial charge < -0.3 is 5.11 Å². The minimum atomic E-state index is -0.390. The molecule has 4 rings (SSSR count). The molecule has 114 valence electrons. The van der Waals surface area contributed by atoms with Gasteiger partial charge in [-0.3, -0.25) is 9.63 Å². The summed E-state index contributed by atoms with van der Waals surface area (Å²) in [6.45, 7) is 1.10. The maximum absolute atomic E-state index is 13.3. The molecule has 0 bridgehead atoms. The SMILES string of the molecule is O=C(c1sc(-c2cccc(F)c2)nc1O)N1CC2(CC2)CO1. The lowest BCUT2D eigenvalue weighted by Gasteiger charge is -2.12. The highest BCUT2D eigenvalue weighted by molar-refractivity contribution is 7.17. The third-order valence-electron chi connectivity index (χ3n) is 4.06. The molecule has 1 aliphatic carbocycles. The second-order valence-corrected chi connectivity index (χ2v) is 6.80. The number of benzene rings is 1. The number of halogens is 1. The number of aromatic nitrogens is 1. The summed E-state index contributed by atoms with van der Waals surface area (Å²) in [6.07, 6.45) is 2.14. The minimum absolute atomic E-state index is 0.122. The van der Waals surface area contributed by atoms with Gasteiger partial charge in [0, 0.05) is 11.0 Å². The first kappa shape index (κ1) is 13.7. The molecule has 0 atom stereocenters. The number of carbonyl (C=O) groups is 1. The highest BCUT2D eigenvalue weighted by atomic mass is 32.1. The van der Waals surface area contributed by atoms with Crippen LogP contribution in [0.25, 0.3) is 10.6 Å². The number of aromatic hydroxyl groups is 1. The Morgan fingerprint density at radius 2 is 2.27 bits per heavy atom. The Bertz CT molecular complexity index is 757. The van der Waals surface area contributed by atoms with Gasteiger partial charge in [0.2, 0.25) is 5.88 Å². The average molecular weight is 320 g/mol. The van der Waals surface area contributed by atoms with Crippen LogP contribution >= 0.6 is 11.3 Å². The summed E-state index contributed by atoms with van der Waals surface area (Å²) in [4.78, 5) is 22.0. The van der Waals surface area contributed by atoms with E-state index in [9.17, 15) is 14.3 Å². The maximum atomic E-state index is 13.3. The first-order chi connectivity index (χ1) is 10.6. The zero-order valence-corrected chi connectivity index (χ0v) is 12.4. The van der Waals surface area contributed by atoms with Crippen LogP contribution < -0.4 is 0 Å². The Morgan fingerprint density at radius 1 is 1.45 bits per heavy atom. The number of nitrogens with zero attached hydrogens (tertiary/aromatic N) is 2. The molecule has 22 heavy (non-hydrogen) atoms. The monoisotopic (exact) mass is 320 g/mol. The molecular weight excluding hydrogens is 307 g/mol.